The Hall–Kier alpha value is -2.94. The molecule has 0 amide bonds. The van der Waals surface area contributed by atoms with Crippen molar-refractivity contribution in [3.63, 3.8) is 0 Å². The SMILES string of the molecule is O=C1C(c2ccccc2)=C(c2cc(=O)oc3ccccc23)C2C1[C@H]1CC[C@@H]2C1. The highest BCUT2D eigenvalue weighted by atomic mass is 16.4. The summed E-state index contributed by atoms with van der Waals surface area (Å²) in [6.07, 6.45) is 3.49. The average molecular weight is 368 g/mol. The number of ketones is 1. The molecule has 2 saturated carbocycles. The second-order valence-electron chi connectivity index (χ2n) is 8.38. The summed E-state index contributed by atoms with van der Waals surface area (Å²) in [6, 6.07) is 19.2. The van der Waals surface area contributed by atoms with Crippen molar-refractivity contribution in [3.05, 3.63) is 82.2 Å². The van der Waals surface area contributed by atoms with Crippen LogP contribution in [0.25, 0.3) is 22.1 Å². The number of Topliss-reactive ketones (excluding diaryl/α,β-unsaturated/α-hetero) is 1. The van der Waals surface area contributed by atoms with E-state index in [1.807, 2.05) is 54.6 Å². The maximum Gasteiger partial charge on any atom is 0.336 e. The van der Waals surface area contributed by atoms with E-state index in [0.717, 1.165) is 40.5 Å². The molecule has 0 spiro atoms. The molecule has 3 aliphatic rings. The molecule has 3 aromatic rings. The highest BCUT2D eigenvalue weighted by Gasteiger charge is 2.57. The van der Waals surface area contributed by atoms with Crippen molar-refractivity contribution in [2.24, 2.45) is 23.7 Å². The molecular formula is C25H20O3. The van der Waals surface area contributed by atoms with Crippen LogP contribution in [0.5, 0.6) is 0 Å². The summed E-state index contributed by atoms with van der Waals surface area (Å²) in [6.45, 7) is 0. The molecule has 2 unspecified atom stereocenters. The molecule has 1 heterocycles. The van der Waals surface area contributed by atoms with Gasteiger partial charge in [0.1, 0.15) is 5.58 Å². The van der Waals surface area contributed by atoms with Crippen LogP contribution in [0.3, 0.4) is 0 Å². The van der Waals surface area contributed by atoms with Crippen molar-refractivity contribution in [1.82, 2.24) is 0 Å². The molecular weight excluding hydrogens is 348 g/mol. The third-order valence-electron chi connectivity index (χ3n) is 7.07. The summed E-state index contributed by atoms with van der Waals surface area (Å²) in [5, 5.41) is 0.918. The van der Waals surface area contributed by atoms with Crippen LogP contribution >= 0.6 is 0 Å². The van der Waals surface area contributed by atoms with E-state index in [1.54, 1.807) is 6.07 Å². The normalized spacial score (nSPS) is 28.4. The average Bonchev–Trinajstić information content (AvgIpc) is 3.40. The topological polar surface area (TPSA) is 47.3 Å². The Balaban J connectivity index is 1.70. The molecule has 2 aromatic carbocycles. The number of carbonyl (C=O) groups is 1. The fourth-order valence-corrected chi connectivity index (χ4v) is 6.10. The van der Waals surface area contributed by atoms with Gasteiger partial charge in [-0.2, -0.15) is 0 Å². The molecule has 4 atom stereocenters. The molecule has 0 radical (unpaired) electrons. The van der Waals surface area contributed by atoms with Gasteiger partial charge in [-0.1, -0.05) is 48.5 Å². The molecule has 2 fully saturated rings. The van der Waals surface area contributed by atoms with Crippen molar-refractivity contribution in [2.45, 2.75) is 19.3 Å². The lowest BCUT2D eigenvalue weighted by atomic mass is 9.76. The second kappa shape index (κ2) is 5.78. The van der Waals surface area contributed by atoms with Crippen LogP contribution in [0.2, 0.25) is 0 Å². The van der Waals surface area contributed by atoms with E-state index in [-0.39, 0.29) is 23.2 Å². The minimum Gasteiger partial charge on any atom is -0.423 e. The molecule has 3 heteroatoms. The van der Waals surface area contributed by atoms with Gasteiger partial charge in [-0.15, -0.1) is 0 Å². The summed E-state index contributed by atoms with van der Waals surface area (Å²) in [7, 11) is 0. The van der Waals surface area contributed by atoms with Gasteiger partial charge in [0, 0.05) is 22.9 Å². The Kier molecular flexibility index (Phi) is 3.31. The lowest BCUT2D eigenvalue weighted by Gasteiger charge is -2.26. The lowest BCUT2D eigenvalue weighted by Crippen LogP contribution is -2.24. The molecule has 6 rings (SSSR count). The van der Waals surface area contributed by atoms with Crippen molar-refractivity contribution in [2.75, 3.05) is 0 Å². The zero-order valence-corrected chi connectivity index (χ0v) is 15.4. The number of hydrogen-bond acceptors (Lipinski definition) is 3. The van der Waals surface area contributed by atoms with Gasteiger partial charge < -0.3 is 4.42 Å². The first-order valence-electron chi connectivity index (χ1n) is 10.1. The van der Waals surface area contributed by atoms with Crippen molar-refractivity contribution in [3.8, 4) is 0 Å². The zero-order valence-electron chi connectivity index (χ0n) is 15.4. The van der Waals surface area contributed by atoms with Gasteiger partial charge in [0.25, 0.3) is 0 Å². The maximum atomic E-state index is 13.6. The van der Waals surface area contributed by atoms with Gasteiger partial charge in [-0.3, -0.25) is 4.79 Å². The molecule has 2 bridgehead atoms. The Bertz CT molecular complexity index is 1200. The molecule has 3 nitrogen and oxygen atoms in total. The van der Waals surface area contributed by atoms with Crippen molar-refractivity contribution >= 4 is 27.9 Å². The molecule has 0 N–H and O–H groups in total. The minimum absolute atomic E-state index is 0.0787. The van der Waals surface area contributed by atoms with E-state index in [2.05, 4.69) is 0 Å². The molecule has 138 valence electrons. The van der Waals surface area contributed by atoms with E-state index in [0.29, 0.717) is 17.4 Å². The van der Waals surface area contributed by atoms with E-state index in [4.69, 9.17) is 4.42 Å². The zero-order chi connectivity index (χ0) is 18.8. The predicted molar refractivity (Wildman–Crippen MR) is 109 cm³/mol. The first-order chi connectivity index (χ1) is 13.7. The monoisotopic (exact) mass is 368 g/mol. The van der Waals surface area contributed by atoms with Gasteiger partial charge >= 0.3 is 5.63 Å². The summed E-state index contributed by atoms with van der Waals surface area (Å²) in [5.74, 6) is 1.61. The smallest absolute Gasteiger partial charge is 0.336 e. The highest BCUT2D eigenvalue weighted by Crippen LogP contribution is 2.63. The highest BCUT2D eigenvalue weighted by molar-refractivity contribution is 6.33. The molecule has 0 aliphatic heterocycles. The van der Waals surface area contributed by atoms with Gasteiger partial charge in [0.05, 0.1) is 0 Å². The molecule has 1 aromatic heterocycles. The van der Waals surface area contributed by atoms with E-state index in [1.165, 1.54) is 6.42 Å². The molecule has 28 heavy (non-hydrogen) atoms. The third kappa shape index (κ3) is 2.10. The number of benzene rings is 2. The van der Waals surface area contributed by atoms with Crippen molar-refractivity contribution in [1.29, 1.82) is 0 Å². The van der Waals surface area contributed by atoms with Crippen LogP contribution in [0.1, 0.15) is 30.4 Å². The fourth-order valence-electron chi connectivity index (χ4n) is 6.10. The van der Waals surface area contributed by atoms with E-state index in [9.17, 15) is 9.59 Å². The summed E-state index contributed by atoms with van der Waals surface area (Å²) < 4.78 is 5.44. The number of carbonyl (C=O) groups excluding carboxylic acids is 1. The van der Waals surface area contributed by atoms with Gasteiger partial charge in [-0.25, -0.2) is 4.79 Å². The third-order valence-corrected chi connectivity index (χ3v) is 7.07. The summed E-state index contributed by atoms with van der Waals surface area (Å²) >= 11 is 0. The maximum absolute atomic E-state index is 13.6. The first-order valence-corrected chi connectivity index (χ1v) is 10.1. The van der Waals surface area contributed by atoms with Crippen LogP contribution in [-0.2, 0) is 4.79 Å². The summed E-state index contributed by atoms with van der Waals surface area (Å²) in [4.78, 5) is 26.0. The molecule has 3 aliphatic carbocycles. The van der Waals surface area contributed by atoms with Gasteiger partial charge in [0.15, 0.2) is 5.78 Å². The van der Waals surface area contributed by atoms with Crippen LogP contribution in [-0.4, -0.2) is 5.78 Å². The van der Waals surface area contributed by atoms with E-state index < -0.39 is 0 Å². The Morgan fingerprint density at radius 3 is 2.36 bits per heavy atom. The standard InChI is InChI=1S/C25H20O3/c26-20-13-18(17-8-4-5-9-19(17)28-20)24-21-15-10-11-16(12-15)23(21)25(27)22(24)14-6-2-1-3-7-14/h1-9,13,15-16,21,23H,10-12H2/t15-,16+,21?,23?/m1/s1. The van der Waals surface area contributed by atoms with Gasteiger partial charge in [-0.05, 0) is 59.8 Å². The van der Waals surface area contributed by atoms with Gasteiger partial charge in [0.2, 0.25) is 0 Å². The number of fused-ring (bicyclic) bond motifs is 6. The number of hydrogen-bond donors (Lipinski definition) is 0. The van der Waals surface area contributed by atoms with E-state index >= 15 is 0 Å². The number of rotatable bonds is 2. The van der Waals surface area contributed by atoms with Crippen LogP contribution in [0.15, 0.2) is 69.9 Å². The minimum atomic E-state index is -0.354. The summed E-state index contributed by atoms with van der Waals surface area (Å²) in [5.41, 5.74) is 3.99. The van der Waals surface area contributed by atoms with Crippen LogP contribution in [0.4, 0.5) is 0 Å². The lowest BCUT2D eigenvalue weighted by molar-refractivity contribution is -0.118. The second-order valence-corrected chi connectivity index (χ2v) is 8.38. The van der Waals surface area contributed by atoms with Crippen LogP contribution in [0, 0.1) is 23.7 Å². The number of para-hydroxylation sites is 1. The first kappa shape index (κ1) is 16.1. The Labute approximate surface area is 162 Å². The quantitative estimate of drug-likeness (QED) is 0.601. The molecule has 0 saturated heterocycles. The number of allylic oxidation sites excluding steroid dienone is 2. The van der Waals surface area contributed by atoms with Crippen LogP contribution < -0.4 is 5.63 Å². The fraction of sp³-hybridized carbons (Fsp3) is 0.280. The largest absolute Gasteiger partial charge is 0.423 e. The Morgan fingerprint density at radius 1 is 0.821 bits per heavy atom. The van der Waals surface area contributed by atoms with Crippen molar-refractivity contribution < 1.29 is 9.21 Å². The predicted octanol–water partition coefficient (Wildman–Crippen LogP) is 4.95. The Morgan fingerprint density at radius 2 is 1.54 bits per heavy atom.